The van der Waals surface area contributed by atoms with Gasteiger partial charge < -0.3 is 14.5 Å². The van der Waals surface area contributed by atoms with Crippen molar-refractivity contribution in [2.24, 2.45) is 0 Å². The first-order valence-electron chi connectivity index (χ1n) is 7.89. The molecule has 2 saturated heterocycles. The monoisotopic (exact) mass is 313 g/mol. The Morgan fingerprint density at radius 1 is 1.17 bits per heavy atom. The lowest BCUT2D eigenvalue weighted by Crippen LogP contribution is -2.52. The molecule has 1 atom stereocenters. The summed E-state index contributed by atoms with van der Waals surface area (Å²) in [6.45, 7) is 2.73. The molecular weight excluding hydrogens is 294 g/mol. The van der Waals surface area contributed by atoms with Crippen molar-refractivity contribution >= 4 is 11.8 Å². The Labute approximate surface area is 135 Å². The normalized spacial score (nSPS) is 21.1. The smallest absolute Gasteiger partial charge is 0.254 e. The molecule has 6 nitrogen and oxygen atoms in total. The Morgan fingerprint density at radius 2 is 1.91 bits per heavy atom. The highest BCUT2D eigenvalue weighted by Crippen LogP contribution is 2.17. The molecular formula is C17H19N3O3. The zero-order chi connectivity index (χ0) is 16.2. The summed E-state index contributed by atoms with van der Waals surface area (Å²) in [7, 11) is 0. The standard InChI is InChI=1S/C17H19N3O3/c18-12-13-3-1-4-14(11-13)16(21)19-6-8-20(9-7-19)17(22)15-5-2-10-23-15/h1,3-4,11,15H,2,5-10H2/t15-/m1/s1. The highest BCUT2D eigenvalue weighted by atomic mass is 16.5. The molecule has 1 aromatic carbocycles. The van der Waals surface area contributed by atoms with Crippen LogP contribution in [0.4, 0.5) is 0 Å². The molecule has 2 aliphatic heterocycles. The number of nitriles is 1. The summed E-state index contributed by atoms with van der Waals surface area (Å²) in [5.41, 5.74) is 0.992. The van der Waals surface area contributed by atoms with Crippen molar-refractivity contribution in [2.45, 2.75) is 18.9 Å². The van der Waals surface area contributed by atoms with Gasteiger partial charge in [-0.1, -0.05) is 6.07 Å². The SMILES string of the molecule is N#Cc1cccc(C(=O)N2CCN(C(=O)[C@H]3CCCO3)CC2)c1. The Bertz CT molecular complexity index is 639. The summed E-state index contributed by atoms with van der Waals surface area (Å²) in [5.74, 6) is -0.0487. The van der Waals surface area contributed by atoms with Gasteiger partial charge in [-0.3, -0.25) is 9.59 Å². The van der Waals surface area contributed by atoms with Gasteiger partial charge >= 0.3 is 0 Å². The van der Waals surface area contributed by atoms with E-state index >= 15 is 0 Å². The van der Waals surface area contributed by atoms with E-state index < -0.39 is 0 Å². The van der Waals surface area contributed by atoms with Crippen molar-refractivity contribution in [1.29, 1.82) is 5.26 Å². The van der Waals surface area contributed by atoms with E-state index in [4.69, 9.17) is 10.00 Å². The second kappa shape index (κ2) is 6.80. The van der Waals surface area contributed by atoms with E-state index in [2.05, 4.69) is 0 Å². The third kappa shape index (κ3) is 3.35. The van der Waals surface area contributed by atoms with E-state index in [0.29, 0.717) is 43.9 Å². The van der Waals surface area contributed by atoms with Crippen LogP contribution in [0, 0.1) is 11.3 Å². The highest BCUT2D eigenvalue weighted by molar-refractivity contribution is 5.94. The zero-order valence-electron chi connectivity index (χ0n) is 12.9. The topological polar surface area (TPSA) is 73.6 Å². The summed E-state index contributed by atoms with van der Waals surface area (Å²) >= 11 is 0. The zero-order valence-corrected chi connectivity index (χ0v) is 12.9. The molecule has 120 valence electrons. The average Bonchev–Trinajstić information content (AvgIpc) is 3.15. The molecule has 0 radical (unpaired) electrons. The van der Waals surface area contributed by atoms with Gasteiger partial charge in [-0.25, -0.2) is 0 Å². The van der Waals surface area contributed by atoms with Crippen molar-refractivity contribution in [3.05, 3.63) is 35.4 Å². The molecule has 3 rings (SSSR count). The summed E-state index contributed by atoms with van der Waals surface area (Å²) in [4.78, 5) is 28.3. The lowest BCUT2D eigenvalue weighted by molar-refractivity contribution is -0.142. The van der Waals surface area contributed by atoms with Crippen LogP contribution in [0.2, 0.25) is 0 Å². The Hall–Kier alpha value is -2.39. The number of rotatable bonds is 2. The maximum absolute atomic E-state index is 12.5. The molecule has 1 aromatic rings. The van der Waals surface area contributed by atoms with Crippen LogP contribution in [0.15, 0.2) is 24.3 Å². The van der Waals surface area contributed by atoms with Gasteiger partial charge in [0.25, 0.3) is 11.8 Å². The molecule has 0 unspecified atom stereocenters. The van der Waals surface area contributed by atoms with Crippen LogP contribution in [0.1, 0.15) is 28.8 Å². The Kier molecular flexibility index (Phi) is 4.58. The summed E-state index contributed by atoms with van der Waals surface area (Å²) < 4.78 is 5.43. The summed E-state index contributed by atoms with van der Waals surface area (Å²) in [5, 5.41) is 8.92. The van der Waals surface area contributed by atoms with Crippen LogP contribution in [0.5, 0.6) is 0 Å². The number of amides is 2. The van der Waals surface area contributed by atoms with E-state index in [9.17, 15) is 9.59 Å². The minimum absolute atomic E-state index is 0.0427. The first-order chi connectivity index (χ1) is 11.2. The molecule has 0 aliphatic carbocycles. The van der Waals surface area contributed by atoms with Crippen LogP contribution < -0.4 is 0 Å². The van der Waals surface area contributed by atoms with Crippen molar-refractivity contribution in [2.75, 3.05) is 32.8 Å². The van der Waals surface area contributed by atoms with Crippen molar-refractivity contribution in [1.82, 2.24) is 9.80 Å². The third-order valence-corrected chi connectivity index (χ3v) is 4.32. The highest BCUT2D eigenvalue weighted by Gasteiger charge is 2.31. The molecule has 0 spiro atoms. The Morgan fingerprint density at radius 3 is 2.57 bits per heavy atom. The fourth-order valence-corrected chi connectivity index (χ4v) is 3.01. The van der Waals surface area contributed by atoms with Gasteiger partial charge in [-0.05, 0) is 31.0 Å². The summed E-state index contributed by atoms with van der Waals surface area (Å²) in [6.07, 6.45) is 1.42. The van der Waals surface area contributed by atoms with Gasteiger partial charge in [0.1, 0.15) is 6.10 Å². The molecule has 2 fully saturated rings. The van der Waals surface area contributed by atoms with E-state index in [1.807, 2.05) is 6.07 Å². The predicted molar refractivity (Wildman–Crippen MR) is 82.6 cm³/mol. The molecule has 0 bridgehead atoms. The fourth-order valence-electron chi connectivity index (χ4n) is 3.01. The number of carbonyl (C=O) groups excluding carboxylic acids is 2. The Balaban J connectivity index is 1.59. The van der Waals surface area contributed by atoms with Gasteiger partial charge in [0.2, 0.25) is 0 Å². The largest absolute Gasteiger partial charge is 0.368 e. The summed E-state index contributed by atoms with van der Waals surface area (Å²) in [6, 6.07) is 8.75. The van der Waals surface area contributed by atoms with Gasteiger partial charge in [-0.2, -0.15) is 5.26 Å². The quantitative estimate of drug-likeness (QED) is 0.817. The molecule has 2 heterocycles. The number of hydrogen-bond acceptors (Lipinski definition) is 4. The van der Waals surface area contributed by atoms with Crippen LogP contribution in [0.3, 0.4) is 0 Å². The van der Waals surface area contributed by atoms with Gasteiger partial charge in [0.15, 0.2) is 0 Å². The first kappa shape index (κ1) is 15.5. The molecule has 2 aliphatic rings. The number of piperazine rings is 1. The van der Waals surface area contributed by atoms with Crippen LogP contribution >= 0.6 is 0 Å². The molecule has 2 amide bonds. The number of carbonyl (C=O) groups is 2. The van der Waals surface area contributed by atoms with Crippen LogP contribution in [0.25, 0.3) is 0 Å². The minimum Gasteiger partial charge on any atom is -0.368 e. The maximum Gasteiger partial charge on any atom is 0.254 e. The van der Waals surface area contributed by atoms with Crippen LogP contribution in [-0.2, 0) is 9.53 Å². The molecule has 0 aromatic heterocycles. The van der Waals surface area contributed by atoms with Crippen molar-refractivity contribution in [3.8, 4) is 6.07 Å². The second-order valence-electron chi connectivity index (χ2n) is 5.81. The predicted octanol–water partition coefficient (Wildman–Crippen LogP) is 1.02. The lowest BCUT2D eigenvalue weighted by atomic mass is 10.1. The van der Waals surface area contributed by atoms with E-state index in [1.54, 1.807) is 34.1 Å². The maximum atomic E-state index is 12.5. The average molecular weight is 313 g/mol. The number of nitrogens with zero attached hydrogens (tertiary/aromatic N) is 3. The van der Waals surface area contributed by atoms with Crippen LogP contribution in [-0.4, -0.2) is 60.5 Å². The minimum atomic E-state index is -0.301. The first-order valence-corrected chi connectivity index (χ1v) is 7.89. The van der Waals surface area contributed by atoms with Gasteiger partial charge in [-0.15, -0.1) is 0 Å². The van der Waals surface area contributed by atoms with E-state index in [0.717, 1.165) is 12.8 Å². The lowest BCUT2D eigenvalue weighted by Gasteiger charge is -2.35. The number of ether oxygens (including phenoxy) is 1. The molecule has 23 heavy (non-hydrogen) atoms. The molecule has 0 saturated carbocycles. The van der Waals surface area contributed by atoms with E-state index in [-0.39, 0.29) is 17.9 Å². The van der Waals surface area contributed by atoms with Crippen molar-refractivity contribution < 1.29 is 14.3 Å². The van der Waals surface area contributed by atoms with Crippen molar-refractivity contribution in [3.63, 3.8) is 0 Å². The molecule has 0 N–H and O–H groups in total. The fraction of sp³-hybridized carbons (Fsp3) is 0.471. The number of benzene rings is 1. The van der Waals surface area contributed by atoms with Gasteiger partial charge in [0, 0.05) is 38.3 Å². The van der Waals surface area contributed by atoms with Gasteiger partial charge in [0.05, 0.1) is 11.6 Å². The van der Waals surface area contributed by atoms with E-state index in [1.165, 1.54) is 0 Å². The molecule has 6 heteroatoms. The second-order valence-corrected chi connectivity index (χ2v) is 5.81. The third-order valence-electron chi connectivity index (χ3n) is 4.32. The number of hydrogen-bond donors (Lipinski definition) is 0.